The number of fused-ring (bicyclic) bond motifs is 1. The van der Waals surface area contributed by atoms with Crippen molar-refractivity contribution in [1.82, 2.24) is 19.5 Å². The molecule has 7 heteroatoms. The number of anilines is 1. The number of hydrogen-bond donors (Lipinski definition) is 1. The lowest BCUT2D eigenvalue weighted by atomic mass is 10.1. The van der Waals surface area contributed by atoms with Gasteiger partial charge in [-0.3, -0.25) is 4.79 Å². The van der Waals surface area contributed by atoms with E-state index in [2.05, 4.69) is 24.1 Å². The molecule has 1 N–H and O–H groups in total. The van der Waals surface area contributed by atoms with Gasteiger partial charge in [0, 0.05) is 31.1 Å². The highest BCUT2D eigenvalue weighted by Gasteiger charge is 2.28. The zero-order valence-electron chi connectivity index (χ0n) is 16.8. The number of carbonyl (C=O) groups is 1. The van der Waals surface area contributed by atoms with Crippen molar-refractivity contribution in [1.29, 1.82) is 0 Å². The van der Waals surface area contributed by atoms with Crippen molar-refractivity contribution in [3.63, 3.8) is 0 Å². The summed E-state index contributed by atoms with van der Waals surface area (Å²) in [5, 5.41) is 8.79. The Morgan fingerprint density at radius 1 is 1.28 bits per heavy atom. The molecule has 1 atom stereocenters. The SMILES string of the molecule is CC(C)CC(=O)N1CCCC1CNc1ccc2ncc(-c3ccccc3Cl)n2n1. The first-order valence-electron chi connectivity index (χ1n) is 10.2. The van der Waals surface area contributed by atoms with Crippen LogP contribution in [-0.4, -0.2) is 44.5 Å². The topological polar surface area (TPSA) is 62.5 Å². The summed E-state index contributed by atoms with van der Waals surface area (Å²) >= 11 is 6.36. The van der Waals surface area contributed by atoms with Crippen molar-refractivity contribution in [3.8, 4) is 11.3 Å². The predicted octanol–water partition coefficient (Wildman–Crippen LogP) is 4.50. The van der Waals surface area contributed by atoms with Gasteiger partial charge in [0.1, 0.15) is 5.82 Å². The number of nitrogens with one attached hydrogen (secondary N) is 1. The third kappa shape index (κ3) is 4.22. The molecule has 1 amide bonds. The molecule has 6 nitrogen and oxygen atoms in total. The van der Waals surface area contributed by atoms with Crippen LogP contribution in [0.5, 0.6) is 0 Å². The molecular formula is C22H26ClN5O. The summed E-state index contributed by atoms with van der Waals surface area (Å²) in [5.74, 6) is 1.39. The minimum Gasteiger partial charge on any atom is -0.367 e. The number of rotatable bonds is 6. The van der Waals surface area contributed by atoms with E-state index in [1.54, 1.807) is 10.7 Å². The number of aromatic nitrogens is 3. The van der Waals surface area contributed by atoms with Crippen LogP contribution in [0.15, 0.2) is 42.6 Å². The lowest BCUT2D eigenvalue weighted by molar-refractivity contribution is -0.132. The highest BCUT2D eigenvalue weighted by atomic mass is 35.5. The van der Waals surface area contributed by atoms with E-state index >= 15 is 0 Å². The van der Waals surface area contributed by atoms with Crippen molar-refractivity contribution < 1.29 is 4.79 Å². The molecule has 1 saturated heterocycles. The zero-order valence-corrected chi connectivity index (χ0v) is 17.6. The van der Waals surface area contributed by atoms with E-state index in [0.29, 0.717) is 23.9 Å². The molecule has 0 bridgehead atoms. The molecule has 1 aliphatic rings. The van der Waals surface area contributed by atoms with Crippen molar-refractivity contribution in [2.45, 2.75) is 39.2 Å². The van der Waals surface area contributed by atoms with Gasteiger partial charge < -0.3 is 10.2 Å². The fraction of sp³-hybridized carbons (Fsp3) is 0.409. The molecule has 0 spiro atoms. The average Bonchev–Trinajstić information content (AvgIpc) is 3.33. The Labute approximate surface area is 175 Å². The van der Waals surface area contributed by atoms with Gasteiger partial charge in [-0.2, -0.15) is 0 Å². The Bertz CT molecular complexity index is 1020. The van der Waals surface area contributed by atoms with Crippen LogP contribution in [0, 0.1) is 5.92 Å². The van der Waals surface area contributed by atoms with Gasteiger partial charge in [0.05, 0.1) is 16.9 Å². The molecular weight excluding hydrogens is 386 g/mol. The Morgan fingerprint density at radius 2 is 2.10 bits per heavy atom. The minimum atomic E-state index is 0.213. The summed E-state index contributed by atoms with van der Waals surface area (Å²) in [6.07, 6.45) is 4.48. The van der Waals surface area contributed by atoms with Gasteiger partial charge in [-0.1, -0.05) is 43.6 Å². The maximum atomic E-state index is 12.5. The first kappa shape index (κ1) is 19.7. The van der Waals surface area contributed by atoms with Crippen LogP contribution in [0.1, 0.15) is 33.1 Å². The second-order valence-corrected chi connectivity index (χ2v) is 8.38. The van der Waals surface area contributed by atoms with Gasteiger partial charge in [0.2, 0.25) is 5.91 Å². The quantitative estimate of drug-likeness (QED) is 0.648. The summed E-state index contributed by atoms with van der Waals surface area (Å²) in [6, 6.07) is 11.8. The maximum absolute atomic E-state index is 12.5. The van der Waals surface area contributed by atoms with Crippen LogP contribution < -0.4 is 5.32 Å². The highest BCUT2D eigenvalue weighted by molar-refractivity contribution is 6.33. The molecule has 0 saturated carbocycles. The van der Waals surface area contributed by atoms with Crippen LogP contribution in [0.3, 0.4) is 0 Å². The summed E-state index contributed by atoms with van der Waals surface area (Å²) in [7, 11) is 0. The molecule has 0 aliphatic carbocycles. The van der Waals surface area contributed by atoms with Crippen LogP contribution in [0.25, 0.3) is 16.9 Å². The molecule has 3 aromatic rings. The molecule has 1 aromatic carbocycles. The lowest BCUT2D eigenvalue weighted by Crippen LogP contribution is -2.40. The summed E-state index contributed by atoms with van der Waals surface area (Å²) < 4.78 is 1.81. The van der Waals surface area contributed by atoms with Crippen LogP contribution in [0.4, 0.5) is 5.82 Å². The van der Waals surface area contributed by atoms with E-state index in [1.165, 1.54) is 0 Å². The molecule has 29 heavy (non-hydrogen) atoms. The number of amides is 1. The number of nitrogens with zero attached hydrogens (tertiary/aromatic N) is 4. The van der Waals surface area contributed by atoms with Gasteiger partial charge in [0.15, 0.2) is 5.65 Å². The Morgan fingerprint density at radius 3 is 2.90 bits per heavy atom. The lowest BCUT2D eigenvalue weighted by Gasteiger charge is -2.26. The Hall–Kier alpha value is -2.60. The monoisotopic (exact) mass is 411 g/mol. The van der Waals surface area contributed by atoms with Gasteiger partial charge in [0.25, 0.3) is 0 Å². The first-order valence-corrected chi connectivity index (χ1v) is 10.5. The van der Waals surface area contributed by atoms with Gasteiger partial charge >= 0.3 is 0 Å². The molecule has 1 unspecified atom stereocenters. The van der Waals surface area contributed by atoms with E-state index in [4.69, 9.17) is 16.7 Å². The predicted molar refractivity (Wildman–Crippen MR) is 116 cm³/mol. The van der Waals surface area contributed by atoms with E-state index in [9.17, 15) is 4.79 Å². The zero-order chi connectivity index (χ0) is 20.4. The maximum Gasteiger partial charge on any atom is 0.223 e. The average molecular weight is 412 g/mol. The smallest absolute Gasteiger partial charge is 0.223 e. The Kier molecular flexibility index (Phi) is 5.72. The standard InChI is InChI=1S/C22H26ClN5O/c1-15(2)12-22(29)27-11-5-6-16(27)13-24-20-9-10-21-25-14-19(28(21)26-20)17-7-3-4-8-18(17)23/h3-4,7-10,14-16H,5-6,11-13H2,1-2H3,(H,24,26). The van der Waals surface area contributed by atoms with E-state index in [1.807, 2.05) is 41.3 Å². The van der Waals surface area contributed by atoms with Crippen molar-refractivity contribution in [2.75, 3.05) is 18.4 Å². The number of likely N-dealkylation sites (tertiary alicyclic amines) is 1. The highest BCUT2D eigenvalue weighted by Crippen LogP contribution is 2.28. The van der Waals surface area contributed by atoms with Crippen molar-refractivity contribution in [3.05, 3.63) is 47.6 Å². The molecule has 3 heterocycles. The largest absolute Gasteiger partial charge is 0.367 e. The van der Waals surface area contributed by atoms with Gasteiger partial charge in [-0.25, -0.2) is 9.50 Å². The number of carbonyl (C=O) groups excluding carboxylic acids is 1. The van der Waals surface area contributed by atoms with E-state index in [0.717, 1.165) is 42.1 Å². The number of benzene rings is 1. The summed E-state index contributed by atoms with van der Waals surface area (Å²) in [4.78, 5) is 19.0. The molecule has 152 valence electrons. The van der Waals surface area contributed by atoms with Crippen molar-refractivity contribution in [2.24, 2.45) is 5.92 Å². The molecule has 1 aliphatic heterocycles. The summed E-state index contributed by atoms with van der Waals surface area (Å²) in [6.45, 7) is 5.71. The second-order valence-electron chi connectivity index (χ2n) is 7.97. The molecule has 4 rings (SSSR count). The van der Waals surface area contributed by atoms with Crippen LogP contribution >= 0.6 is 11.6 Å². The molecule has 0 radical (unpaired) electrons. The van der Waals surface area contributed by atoms with E-state index < -0.39 is 0 Å². The fourth-order valence-corrected chi connectivity index (χ4v) is 4.12. The summed E-state index contributed by atoms with van der Waals surface area (Å²) in [5.41, 5.74) is 2.51. The fourth-order valence-electron chi connectivity index (χ4n) is 3.89. The third-order valence-corrected chi connectivity index (χ3v) is 5.64. The normalized spacial score (nSPS) is 16.7. The number of halogens is 1. The van der Waals surface area contributed by atoms with Gasteiger partial charge in [-0.15, -0.1) is 5.10 Å². The number of hydrogen-bond acceptors (Lipinski definition) is 4. The first-order chi connectivity index (χ1) is 14.0. The molecule has 2 aromatic heterocycles. The third-order valence-electron chi connectivity index (χ3n) is 5.31. The second kappa shape index (κ2) is 8.41. The van der Waals surface area contributed by atoms with E-state index in [-0.39, 0.29) is 11.9 Å². The van der Waals surface area contributed by atoms with Crippen LogP contribution in [-0.2, 0) is 4.79 Å². The van der Waals surface area contributed by atoms with Gasteiger partial charge in [-0.05, 0) is 37.0 Å². The van der Waals surface area contributed by atoms with Crippen LogP contribution in [0.2, 0.25) is 5.02 Å². The minimum absolute atomic E-state index is 0.213. The Balaban J connectivity index is 1.51. The molecule has 1 fully saturated rings. The van der Waals surface area contributed by atoms with Crippen molar-refractivity contribution >= 4 is 29.0 Å². The number of imidazole rings is 1.